The molecule has 0 aliphatic heterocycles. The molecule has 114 valence electrons. The van der Waals surface area contributed by atoms with E-state index in [2.05, 4.69) is 41.2 Å². The number of fused-ring (bicyclic) bond motifs is 1. The SMILES string of the molecule is CC.CCc1ccc(-c2ccnc3nc(OC)ccc23)cc1. The lowest BCUT2D eigenvalue weighted by molar-refractivity contribution is 0.399. The Labute approximate surface area is 132 Å². The van der Waals surface area contributed by atoms with Crippen molar-refractivity contribution in [1.82, 2.24) is 9.97 Å². The van der Waals surface area contributed by atoms with Crippen LogP contribution in [0.2, 0.25) is 0 Å². The Kier molecular flexibility index (Phi) is 5.48. The van der Waals surface area contributed by atoms with E-state index in [0.717, 1.165) is 17.4 Å². The maximum Gasteiger partial charge on any atom is 0.215 e. The van der Waals surface area contributed by atoms with Crippen molar-refractivity contribution >= 4 is 11.0 Å². The van der Waals surface area contributed by atoms with Gasteiger partial charge >= 0.3 is 0 Å². The van der Waals surface area contributed by atoms with Crippen LogP contribution in [0.15, 0.2) is 48.7 Å². The van der Waals surface area contributed by atoms with Gasteiger partial charge in [-0.2, -0.15) is 4.98 Å². The zero-order valence-corrected chi connectivity index (χ0v) is 13.6. The van der Waals surface area contributed by atoms with Crippen molar-refractivity contribution in [2.45, 2.75) is 27.2 Å². The third-order valence-electron chi connectivity index (χ3n) is 3.46. The standard InChI is InChI=1S/C17H16N2O.C2H6/c1-3-12-4-6-13(7-5-12)14-10-11-18-17-15(14)8-9-16(19-17)20-2;1-2/h4-11H,3H2,1-2H3;1-2H3. The first-order chi connectivity index (χ1) is 10.8. The monoisotopic (exact) mass is 294 g/mol. The lowest BCUT2D eigenvalue weighted by atomic mass is 10.0. The molecule has 0 unspecified atom stereocenters. The summed E-state index contributed by atoms with van der Waals surface area (Å²) in [5.41, 5.74) is 4.38. The lowest BCUT2D eigenvalue weighted by Crippen LogP contribution is -1.91. The number of hydrogen-bond acceptors (Lipinski definition) is 3. The molecule has 0 saturated heterocycles. The molecule has 0 amide bonds. The van der Waals surface area contributed by atoms with Gasteiger partial charge in [-0.15, -0.1) is 0 Å². The molecule has 0 saturated carbocycles. The van der Waals surface area contributed by atoms with Crippen LogP contribution in [0.25, 0.3) is 22.2 Å². The highest BCUT2D eigenvalue weighted by Gasteiger charge is 2.06. The summed E-state index contributed by atoms with van der Waals surface area (Å²) >= 11 is 0. The Balaban J connectivity index is 0.000000847. The van der Waals surface area contributed by atoms with Crippen LogP contribution in [0.3, 0.4) is 0 Å². The van der Waals surface area contributed by atoms with Crippen molar-refractivity contribution in [3.63, 3.8) is 0 Å². The van der Waals surface area contributed by atoms with Crippen LogP contribution in [-0.4, -0.2) is 17.1 Å². The van der Waals surface area contributed by atoms with Crippen LogP contribution in [0, 0.1) is 0 Å². The number of nitrogens with zero attached hydrogens (tertiary/aromatic N) is 2. The predicted molar refractivity (Wildman–Crippen MR) is 92.3 cm³/mol. The van der Waals surface area contributed by atoms with Gasteiger partial charge < -0.3 is 4.74 Å². The van der Waals surface area contributed by atoms with E-state index in [1.54, 1.807) is 13.3 Å². The number of hydrogen-bond donors (Lipinski definition) is 0. The maximum atomic E-state index is 5.15. The number of aromatic nitrogens is 2. The third-order valence-corrected chi connectivity index (χ3v) is 3.46. The highest BCUT2D eigenvalue weighted by atomic mass is 16.5. The molecule has 1 aromatic carbocycles. The quantitative estimate of drug-likeness (QED) is 0.689. The highest BCUT2D eigenvalue weighted by molar-refractivity contribution is 5.92. The van der Waals surface area contributed by atoms with Crippen molar-refractivity contribution in [3.8, 4) is 17.0 Å². The smallest absolute Gasteiger partial charge is 0.215 e. The number of ether oxygens (including phenoxy) is 1. The number of rotatable bonds is 3. The van der Waals surface area contributed by atoms with Gasteiger partial charge in [-0.1, -0.05) is 45.0 Å². The van der Waals surface area contributed by atoms with Crippen LogP contribution >= 0.6 is 0 Å². The van der Waals surface area contributed by atoms with Crippen molar-refractivity contribution in [2.75, 3.05) is 7.11 Å². The van der Waals surface area contributed by atoms with Gasteiger partial charge in [0, 0.05) is 17.6 Å². The topological polar surface area (TPSA) is 35.0 Å². The summed E-state index contributed by atoms with van der Waals surface area (Å²) in [7, 11) is 1.61. The van der Waals surface area contributed by atoms with Crippen LogP contribution in [0.5, 0.6) is 5.88 Å². The Bertz CT molecular complexity index is 736. The van der Waals surface area contributed by atoms with Crippen molar-refractivity contribution in [2.24, 2.45) is 0 Å². The van der Waals surface area contributed by atoms with E-state index in [0.29, 0.717) is 11.5 Å². The third kappa shape index (κ3) is 3.25. The van der Waals surface area contributed by atoms with E-state index in [-0.39, 0.29) is 0 Å². The maximum absolute atomic E-state index is 5.15. The minimum absolute atomic E-state index is 0.587. The van der Waals surface area contributed by atoms with Crippen molar-refractivity contribution in [1.29, 1.82) is 0 Å². The molecular weight excluding hydrogens is 272 g/mol. The Morgan fingerprint density at radius 1 is 0.955 bits per heavy atom. The second-order valence-electron chi connectivity index (χ2n) is 4.63. The fourth-order valence-electron chi connectivity index (χ4n) is 2.30. The lowest BCUT2D eigenvalue weighted by Gasteiger charge is -2.07. The van der Waals surface area contributed by atoms with E-state index in [1.807, 2.05) is 32.0 Å². The number of methoxy groups -OCH3 is 1. The first kappa shape index (κ1) is 16.0. The molecule has 0 aliphatic rings. The van der Waals surface area contributed by atoms with E-state index < -0.39 is 0 Å². The molecule has 2 aromatic heterocycles. The van der Waals surface area contributed by atoms with E-state index in [4.69, 9.17) is 4.74 Å². The van der Waals surface area contributed by atoms with Crippen LogP contribution < -0.4 is 4.74 Å². The molecule has 0 spiro atoms. The van der Waals surface area contributed by atoms with Crippen LogP contribution in [0.1, 0.15) is 26.3 Å². The molecule has 3 nitrogen and oxygen atoms in total. The molecule has 3 aromatic rings. The van der Waals surface area contributed by atoms with Crippen LogP contribution in [0.4, 0.5) is 0 Å². The van der Waals surface area contributed by atoms with E-state index >= 15 is 0 Å². The molecule has 0 fully saturated rings. The highest BCUT2D eigenvalue weighted by Crippen LogP contribution is 2.28. The van der Waals surface area contributed by atoms with E-state index in [9.17, 15) is 0 Å². The fraction of sp³-hybridized carbons (Fsp3) is 0.263. The normalized spacial score (nSPS) is 10.0. The van der Waals surface area contributed by atoms with Crippen molar-refractivity contribution in [3.05, 3.63) is 54.2 Å². The summed E-state index contributed by atoms with van der Waals surface area (Å²) in [4.78, 5) is 8.70. The molecule has 0 bridgehead atoms. The summed E-state index contributed by atoms with van der Waals surface area (Å²) in [6.45, 7) is 6.16. The average Bonchev–Trinajstić information content (AvgIpc) is 2.62. The summed E-state index contributed by atoms with van der Waals surface area (Å²) < 4.78 is 5.15. The molecule has 3 rings (SSSR count). The second kappa shape index (κ2) is 7.55. The molecular formula is C19H22N2O. The molecule has 2 heterocycles. The van der Waals surface area contributed by atoms with Crippen LogP contribution in [-0.2, 0) is 6.42 Å². The number of aryl methyl sites for hydroxylation is 1. The van der Waals surface area contributed by atoms with Gasteiger partial charge in [-0.05, 0) is 35.2 Å². The summed E-state index contributed by atoms with van der Waals surface area (Å²) in [5, 5.41) is 1.04. The summed E-state index contributed by atoms with van der Waals surface area (Å²) in [5.74, 6) is 0.587. The van der Waals surface area contributed by atoms with Gasteiger partial charge in [-0.3, -0.25) is 0 Å². The van der Waals surface area contributed by atoms with Gasteiger partial charge in [0.1, 0.15) is 0 Å². The molecule has 0 aliphatic carbocycles. The van der Waals surface area contributed by atoms with Gasteiger partial charge in [0.15, 0.2) is 5.65 Å². The van der Waals surface area contributed by atoms with Crippen molar-refractivity contribution < 1.29 is 4.74 Å². The fourth-order valence-corrected chi connectivity index (χ4v) is 2.30. The first-order valence-corrected chi connectivity index (χ1v) is 7.71. The minimum Gasteiger partial charge on any atom is -0.481 e. The van der Waals surface area contributed by atoms with Gasteiger partial charge in [0.05, 0.1) is 7.11 Å². The largest absolute Gasteiger partial charge is 0.481 e. The van der Waals surface area contributed by atoms with Gasteiger partial charge in [-0.25, -0.2) is 4.98 Å². The molecule has 22 heavy (non-hydrogen) atoms. The summed E-state index contributed by atoms with van der Waals surface area (Å²) in [6, 6.07) is 14.5. The van der Waals surface area contributed by atoms with E-state index in [1.165, 1.54) is 11.1 Å². The molecule has 0 radical (unpaired) electrons. The summed E-state index contributed by atoms with van der Waals surface area (Å²) in [6.07, 6.45) is 2.84. The van der Waals surface area contributed by atoms with Gasteiger partial charge in [0.2, 0.25) is 5.88 Å². The Morgan fingerprint density at radius 3 is 2.32 bits per heavy atom. The predicted octanol–water partition coefficient (Wildman–Crippen LogP) is 4.89. The number of pyridine rings is 2. The number of benzene rings is 1. The Morgan fingerprint density at radius 2 is 1.68 bits per heavy atom. The zero-order valence-electron chi connectivity index (χ0n) is 13.6. The molecule has 0 N–H and O–H groups in total. The zero-order chi connectivity index (χ0) is 15.9. The minimum atomic E-state index is 0.587. The molecule has 3 heteroatoms. The average molecular weight is 294 g/mol. The molecule has 0 atom stereocenters. The van der Waals surface area contributed by atoms with Gasteiger partial charge in [0.25, 0.3) is 0 Å². The Hall–Kier alpha value is -2.42. The second-order valence-corrected chi connectivity index (χ2v) is 4.63. The first-order valence-electron chi connectivity index (χ1n) is 7.71.